The second kappa shape index (κ2) is 7.70. The van der Waals surface area contributed by atoms with Gasteiger partial charge in [-0.2, -0.15) is 0 Å². The van der Waals surface area contributed by atoms with Crippen molar-refractivity contribution in [1.29, 1.82) is 0 Å². The van der Waals surface area contributed by atoms with Gasteiger partial charge in [0.15, 0.2) is 0 Å². The first-order chi connectivity index (χ1) is 12.1. The molecule has 1 unspecified atom stereocenters. The van der Waals surface area contributed by atoms with E-state index in [9.17, 15) is 9.90 Å². The molecule has 138 valence electrons. The minimum atomic E-state index is -0.279. The lowest BCUT2D eigenvalue weighted by Crippen LogP contribution is -2.43. The standard InChI is InChI=1S/C19H29N3O3/c1-15-11-20-7-3-17(15)21-8-4-16(5-9-21)18(24)22-10-6-19(12-22,13-23)14-25-2/h3,7,11,16,23H,4-6,8-10,12-14H2,1-2H3. The number of amides is 1. The number of ether oxygens (including phenoxy) is 1. The van der Waals surface area contributed by atoms with Gasteiger partial charge in [-0.05, 0) is 37.8 Å². The van der Waals surface area contributed by atoms with Crippen LogP contribution in [0.4, 0.5) is 5.69 Å². The molecular weight excluding hydrogens is 318 g/mol. The van der Waals surface area contributed by atoms with Crippen LogP contribution in [0.2, 0.25) is 0 Å². The SMILES string of the molecule is COCC1(CO)CCN(C(=O)C2CCN(c3ccncc3C)CC2)C1. The van der Waals surface area contributed by atoms with Gasteiger partial charge >= 0.3 is 0 Å². The number of pyridine rings is 1. The van der Waals surface area contributed by atoms with Crippen LogP contribution in [-0.2, 0) is 9.53 Å². The summed E-state index contributed by atoms with van der Waals surface area (Å²) in [5.74, 6) is 0.341. The minimum Gasteiger partial charge on any atom is -0.396 e. The molecule has 0 spiro atoms. The third-order valence-electron chi connectivity index (χ3n) is 5.71. The summed E-state index contributed by atoms with van der Waals surface area (Å²) >= 11 is 0. The fourth-order valence-corrected chi connectivity index (χ4v) is 4.17. The largest absolute Gasteiger partial charge is 0.396 e. The van der Waals surface area contributed by atoms with Gasteiger partial charge in [0.05, 0.1) is 13.2 Å². The van der Waals surface area contributed by atoms with Crippen LogP contribution in [0.5, 0.6) is 0 Å². The van der Waals surface area contributed by atoms with Crippen molar-refractivity contribution < 1.29 is 14.6 Å². The van der Waals surface area contributed by atoms with Crippen molar-refractivity contribution in [2.75, 3.05) is 51.4 Å². The topological polar surface area (TPSA) is 65.9 Å². The predicted molar refractivity (Wildman–Crippen MR) is 96.5 cm³/mol. The molecule has 1 N–H and O–H groups in total. The number of hydrogen-bond donors (Lipinski definition) is 1. The quantitative estimate of drug-likeness (QED) is 0.874. The molecule has 1 amide bonds. The number of hydrogen-bond acceptors (Lipinski definition) is 5. The summed E-state index contributed by atoms with van der Waals surface area (Å²) < 4.78 is 5.26. The Morgan fingerprint density at radius 3 is 2.80 bits per heavy atom. The van der Waals surface area contributed by atoms with E-state index >= 15 is 0 Å². The highest BCUT2D eigenvalue weighted by Gasteiger charge is 2.41. The number of carbonyl (C=O) groups excluding carboxylic acids is 1. The fourth-order valence-electron chi connectivity index (χ4n) is 4.17. The first kappa shape index (κ1) is 18.1. The van der Waals surface area contributed by atoms with Gasteiger partial charge in [-0.1, -0.05) is 0 Å². The molecule has 2 saturated heterocycles. The van der Waals surface area contributed by atoms with Gasteiger partial charge in [0.1, 0.15) is 0 Å². The molecule has 25 heavy (non-hydrogen) atoms. The van der Waals surface area contributed by atoms with E-state index in [0.717, 1.165) is 38.9 Å². The Morgan fingerprint density at radius 2 is 2.16 bits per heavy atom. The third-order valence-corrected chi connectivity index (χ3v) is 5.71. The highest BCUT2D eigenvalue weighted by Crippen LogP contribution is 2.33. The average Bonchev–Trinajstić information content (AvgIpc) is 3.07. The number of piperidine rings is 1. The Bertz CT molecular complexity index is 601. The fraction of sp³-hybridized carbons (Fsp3) is 0.684. The molecule has 3 heterocycles. The second-order valence-corrected chi connectivity index (χ2v) is 7.52. The summed E-state index contributed by atoms with van der Waals surface area (Å²) in [6, 6.07) is 2.05. The van der Waals surface area contributed by atoms with Crippen molar-refractivity contribution in [1.82, 2.24) is 9.88 Å². The highest BCUT2D eigenvalue weighted by atomic mass is 16.5. The number of anilines is 1. The Hall–Kier alpha value is -1.66. The first-order valence-electron chi connectivity index (χ1n) is 9.13. The normalized spacial score (nSPS) is 24.8. The molecule has 0 aromatic carbocycles. The maximum atomic E-state index is 12.9. The lowest BCUT2D eigenvalue weighted by atomic mass is 9.89. The summed E-state index contributed by atoms with van der Waals surface area (Å²) in [5, 5.41) is 9.71. The molecule has 6 heteroatoms. The lowest BCUT2D eigenvalue weighted by Gasteiger charge is -2.35. The Balaban J connectivity index is 1.56. The molecule has 2 aliphatic heterocycles. The van der Waals surface area contributed by atoms with Crippen LogP contribution in [0.3, 0.4) is 0 Å². The predicted octanol–water partition coefficient (Wildman–Crippen LogP) is 1.46. The average molecular weight is 347 g/mol. The van der Waals surface area contributed by atoms with Crippen LogP contribution in [0.15, 0.2) is 18.5 Å². The molecule has 0 bridgehead atoms. The summed E-state index contributed by atoms with van der Waals surface area (Å²) in [7, 11) is 1.65. The monoisotopic (exact) mass is 347 g/mol. The van der Waals surface area contributed by atoms with Crippen LogP contribution in [0.25, 0.3) is 0 Å². The van der Waals surface area contributed by atoms with Crippen molar-refractivity contribution >= 4 is 11.6 Å². The number of aliphatic hydroxyl groups excluding tert-OH is 1. The number of rotatable bonds is 5. The molecule has 3 rings (SSSR count). The van der Waals surface area contributed by atoms with E-state index < -0.39 is 0 Å². The summed E-state index contributed by atoms with van der Waals surface area (Å²) in [6.45, 7) is 5.80. The van der Waals surface area contributed by atoms with Crippen LogP contribution in [0.1, 0.15) is 24.8 Å². The van der Waals surface area contributed by atoms with E-state index in [2.05, 4.69) is 22.9 Å². The van der Waals surface area contributed by atoms with E-state index in [1.165, 1.54) is 11.3 Å². The molecule has 1 aromatic rings. The van der Waals surface area contributed by atoms with E-state index in [-0.39, 0.29) is 23.8 Å². The smallest absolute Gasteiger partial charge is 0.225 e. The molecule has 2 aliphatic rings. The Morgan fingerprint density at radius 1 is 1.40 bits per heavy atom. The van der Waals surface area contributed by atoms with Crippen molar-refractivity contribution in [3.05, 3.63) is 24.0 Å². The first-order valence-corrected chi connectivity index (χ1v) is 9.13. The molecule has 2 fully saturated rings. The Labute approximate surface area is 149 Å². The maximum Gasteiger partial charge on any atom is 0.225 e. The summed E-state index contributed by atoms with van der Waals surface area (Å²) in [4.78, 5) is 21.3. The molecule has 0 saturated carbocycles. The van der Waals surface area contributed by atoms with Crippen molar-refractivity contribution in [2.24, 2.45) is 11.3 Å². The summed E-state index contributed by atoms with van der Waals surface area (Å²) in [6.07, 6.45) is 6.30. The Kier molecular flexibility index (Phi) is 5.59. The number of nitrogens with zero attached hydrogens (tertiary/aromatic N) is 3. The van der Waals surface area contributed by atoms with Gasteiger partial charge in [0.2, 0.25) is 5.91 Å². The molecule has 6 nitrogen and oxygen atoms in total. The zero-order valence-electron chi connectivity index (χ0n) is 15.3. The van der Waals surface area contributed by atoms with Gasteiger partial charge < -0.3 is 19.6 Å². The number of aryl methyl sites for hydroxylation is 1. The van der Waals surface area contributed by atoms with Crippen molar-refractivity contribution in [3.8, 4) is 0 Å². The van der Waals surface area contributed by atoms with E-state index in [1.807, 2.05) is 17.3 Å². The molecule has 0 radical (unpaired) electrons. The summed E-state index contributed by atoms with van der Waals surface area (Å²) in [5.41, 5.74) is 2.12. The second-order valence-electron chi connectivity index (χ2n) is 7.52. The maximum absolute atomic E-state index is 12.9. The van der Waals surface area contributed by atoms with E-state index in [4.69, 9.17) is 4.74 Å². The van der Waals surface area contributed by atoms with Crippen LogP contribution < -0.4 is 4.90 Å². The molecule has 1 aromatic heterocycles. The van der Waals surface area contributed by atoms with Crippen molar-refractivity contribution in [2.45, 2.75) is 26.2 Å². The van der Waals surface area contributed by atoms with E-state index in [1.54, 1.807) is 7.11 Å². The zero-order chi connectivity index (χ0) is 17.9. The molecule has 0 aliphatic carbocycles. The molecular formula is C19H29N3O3. The van der Waals surface area contributed by atoms with Gasteiger partial charge in [0, 0.05) is 62.7 Å². The van der Waals surface area contributed by atoms with Gasteiger partial charge in [-0.25, -0.2) is 0 Å². The number of aliphatic hydroxyl groups is 1. The number of aromatic nitrogens is 1. The van der Waals surface area contributed by atoms with Crippen LogP contribution >= 0.6 is 0 Å². The number of carbonyl (C=O) groups is 1. The van der Waals surface area contributed by atoms with E-state index in [0.29, 0.717) is 13.2 Å². The molecule has 1 atom stereocenters. The van der Waals surface area contributed by atoms with Crippen LogP contribution in [0, 0.1) is 18.3 Å². The highest BCUT2D eigenvalue weighted by molar-refractivity contribution is 5.79. The number of methoxy groups -OCH3 is 1. The van der Waals surface area contributed by atoms with Crippen LogP contribution in [-0.4, -0.2) is 67.4 Å². The third kappa shape index (κ3) is 3.80. The number of likely N-dealkylation sites (tertiary alicyclic amines) is 1. The van der Waals surface area contributed by atoms with Gasteiger partial charge in [-0.3, -0.25) is 9.78 Å². The zero-order valence-corrected chi connectivity index (χ0v) is 15.3. The lowest BCUT2D eigenvalue weighted by molar-refractivity contribution is -0.135. The minimum absolute atomic E-state index is 0.0738. The van der Waals surface area contributed by atoms with Gasteiger partial charge in [-0.15, -0.1) is 0 Å². The van der Waals surface area contributed by atoms with Gasteiger partial charge in [0.25, 0.3) is 0 Å². The van der Waals surface area contributed by atoms with Crippen molar-refractivity contribution in [3.63, 3.8) is 0 Å².